The lowest BCUT2D eigenvalue weighted by Crippen LogP contribution is -2.45. The van der Waals surface area contributed by atoms with E-state index in [1.807, 2.05) is 0 Å². The zero-order chi connectivity index (χ0) is 15.0. The molecule has 3 rings (SSSR count). The zero-order valence-electron chi connectivity index (χ0n) is 12.4. The second-order valence-electron chi connectivity index (χ2n) is 5.77. The molecule has 0 aromatic heterocycles. The van der Waals surface area contributed by atoms with Gasteiger partial charge in [-0.25, -0.2) is 0 Å². The number of benzene rings is 1. The number of piperazine rings is 1. The molecule has 1 aliphatic carbocycles. The molecule has 0 radical (unpaired) electrons. The minimum absolute atomic E-state index is 0. The largest absolute Gasteiger partial charge is 0.417 e. The number of alkyl halides is 3. The Kier molecular flexibility index (Phi) is 7.48. The predicted molar refractivity (Wildman–Crippen MR) is 90.9 cm³/mol. The molecule has 23 heavy (non-hydrogen) atoms. The first-order valence-corrected chi connectivity index (χ1v) is 7.66. The van der Waals surface area contributed by atoms with Crippen LogP contribution in [-0.4, -0.2) is 31.1 Å². The zero-order valence-corrected chi connectivity index (χ0v) is 14.8. The Morgan fingerprint density at radius 2 is 1.74 bits per heavy atom. The van der Waals surface area contributed by atoms with Gasteiger partial charge in [0.05, 0.1) is 10.6 Å². The standard InChI is InChI=1S/C15H18ClF3N2.2ClH/c16-13-11(2-1-3-12(13)15(17,18)19)14(10-4-5-10)21-8-6-20-7-9-21;;/h1-3,10,14,20H,4-9H2;2*1H/t14-;;/m0../s1. The molecule has 1 aromatic rings. The maximum Gasteiger partial charge on any atom is 0.417 e. The highest BCUT2D eigenvalue weighted by Crippen LogP contribution is 2.48. The fourth-order valence-electron chi connectivity index (χ4n) is 3.12. The number of nitrogens with zero attached hydrogens (tertiary/aromatic N) is 1. The molecule has 2 fully saturated rings. The lowest BCUT2D eigenvalue weighted by Gasteiger charge is -2.36. The Morgan fingerprint density at radius 1 is 1.13 bits per heavy atom. The Hall–Kier alpha value is -0.200. The molecule has 1 N–H and O–H groups in total. The molecule has 1 aromatic carbocycles. The molecule has 1 saturated carbocycles. The minimum atomic E-state index is -4.40. The highest BCUT2D eigenvalue weighted by Gasteiger charge is 2.40. The third-order valence-electron chi connectivity index (χ3n) is 4.27. The number of hydrogen-bond acceptors (Lipinski definition) is 2. The van der Waals surface area contributed by atoms with Crippen molar-refractivity contribution in [2.24, 2.45) is 5.92 Å². The van der Waals surface area contributed by atoms with Crippen molar-refractivity contribution in [3.05, 3.63) is 34.3 Å². The smallest absolute Gasteiger partial charge is 0.314 e. The summed E-state index contributed by atoms with van der Waals surface area (Å²) in [6, 6.07) is 4.31. The van der Waals surface area contributed by atoms with Gasteiger partial charge in [0, 0.05) is 32.2 Å². The van der Waals surface area contributed by atoms with Crippen molar-refractivity contribution in [3.8, 4) is 0 Å². The van der Waals surface area contributed by atoms with E-state index in [9.17, 15) is 13.2 Å². The fourth-order valence-corrected chi connectivity index (χ4v) is 3.46. The summed E-state index contributed by atoms with van der Waals surface area (Å²) in [5.74, 6) is 0.434. The fraction of sp³-hybridized carbons (Fsp3) is 0.600. The molecular formula is C15H20Cl3F3N2. The highest BCUT2D eigenvalue weighted by atomic mass is 35.5. The van der Waals surface area contributed by atoms with Crippen LogP contribution in [0.15, 0.2) is 18.2 Å². The third kappa shape index (κ3) is 4.67. The Labute approximate surface area is 151 Å². The van der Waals surface area contributed by atoms with Gasteiger partial charge in [0.1, 0.15) is 0 Å². The van der Waals surface area contributed by atoms with E-state index in [2.05, 4.69) is 10.2 Å². The van der Waals surface area contributed by atoms with Crippen molar-refractivity contribution < 1.29 is 13.2 Å². The monoisotopic (exact) mass is 390 g/mol. The van der Waals surface area contributed by atoms with Gasteiger partial charge in [-0.2, -0.15) is 13.2 Å². The molecule has 1 aliphatic heterocycles. The van der Waals surface area contributed by atoms with Crippen LogP contribution in [0.25, 0.3) is 0 Å². The van der Waals surface area contributed by atoms with Crippen molar-refractivity contribution in [1.29, 1.82) is 0 Å². The minimum Gasteiger partial charge on any atom is -0.314 e. The van der Waals surface area contributed by atoms with Crippen LogP contribution in [0.3, 0.4) is 0 Å². The lowest BCUT2D eigenvalue weighted by molar-refractivity contribution is -0.137. The van der Waals surface area contributed by atoms with Crippen LogP contribution < -0.4 is 5.32 Å². The molecule has 8 heteroatoms. The van der Waals surface area contributed by atoms with Crippen molar-refractivity contribution >= 4 is 36.4 Å². The van der Waals surface area contributed by atoms with Crippen LogP contribution >= 0.6 is 36.4 Å². The van der Waals surface area contributed by atoms with Gasteiger partial charge in [-0.3, -0.25) is 4.90 Å². The summed E-state index contributed by atoms with van der Waals surface area (Å²) in [6.07, 6.45) is -2.26. The van der Waals surface area contributed by atoms with E-state index in [4.69, 9.17) is 11.6 Å². The van der Waals surface area contributed by atoms with Gasteiger partial charge in [-0.15, -0.1) is 24.8 Å². The van der Waals surface area contributed by atoms with Gasteiger partial charge >= 0.3 is 6.18 Å². The second kappa shape index (κ2) is 8.26. The van der Waals surface area contributed by atoms with E-state index in [1.165, 1.54) is 6.07 Å². The average molecular weight is 392 g/mol. The van der Waals surface area contributed by atoms with Crippen molar-refractivity contribution in [3.63, 3.8) is 0 Å². The van der Waals surface area contributed by atoms with Gasteiger partial charge in [-0.05, 0) is 30.4 Å². The number of halogens is 6. The van der Waals surface area contributed by atoms with Crippen LogP contribution in [-0.2, 0) is 6.18 Å². The first kappa shape index (κ1) is 20.8. The van der Waals surface area contributed by atoms with Crippen molar-refractivity contribution in [2.75, 3.05) is 26.2 Å². The number of nitrogens with one attached hydrogen (secondary N) is 1. The van der Waals surface area contributed by atoms with Crippen LogP contribution in [0.2, 0.25) is 5.02 Å². The Balaban J connectivity index is 0.00000132. The van der Waals surface area contributed by atoms with Crippen LogP contribution in [0.4, 0.5) is 13.2 Å². The summed E-state index contributed by atoms with van der Waals surface area (Å²) in [6.45, 7) is 3.46. The molecule has 1 saturated heterocycles. The highest BCUT2D eigenvalue weighted by molar-refractivity contribution is 6.32. The first-order chi connectivity index (χ1) is 9.98. The molecule has 2 aliphatic rings. The van der Waals surface area contributed by atoms with Gasteiger partial charge < -0.3 is 5.32 Å². The third-order valence-corrected chi connectivity index (χ3v) is 4.69. The molecule has 2 nitrogen and oxygen atoms in total. The quantitative estimate of drug-likeness (QED) is 0.812. The Bertz CT molecular complexity index is 515. The topological polar surface area (TPSA) is 15.3 Å². The van der Waals surface area contributed by atoms with E-state index >= 15 is 0 Å². The van der Waals surface area contributed by atoms with E-state index < -0.39 is 11.7 Å². The summed E-state index contributed by atoms with van der Waals surface area (Å²) in [7, 11) is 0. The molecule has 1 atom stereocenters. The van der Waals surface area contributed by atoms with Gasteiger partial charge in [0.25, 0.3) is 0 Å². The summed E-state index contributed by atoms with van der Waals surface area (Å²) < 4.78 is 39.1. The van der Waals surface area contributed by atoms with Crippen molar-refractivity contribution in [1.82, 2.24) is 10.2 Å². The van der Waals surface area contributed by atoms with Gasteiger partial charge in [-0.1, -0.05) is 23.7 Å². The summed E-state index contributed by atoms with van der Waals surface area (Å²) in [5.41, 5.74) is -0.0849. The van der Waals surface area contributed by atoms with Gasteiger partial charge in [0.15, 0.2) is 0 Å². The molecule has 0 unspecified atom stereocenters. The van der Waals surface area contributed by atoms with E-state index in [0.717, 1.165) is 45.1 Å². The van der Waals surface area contributed by atoms with Crippen molar-refractivity contribution in [2.45, 2.75) is 25.1 Å². The van der Waals surface area contributed by atoms with Crippen LogP contribution in [0.5, 0.6) is 0 Å². The summed E-state index contributed by atoms with van der Waals surface area (Å²) in [4.78, 5) is 2.27. The molecule has 0 spiro atoms. The van der Waals surface area contributed by atoms with Gasteiger partial charge in [0.2, 0.25) is 0 Å². The van der Waals surface area contributed by atoms with E-state index in [-0.39, 0.29) is 35.9 Å². The summed E-state index contributed by atoms with van der Waals surface area (Å²) >= 11 is 6.12. The lowest BCUT2D eigenvalue weighted by atomic mass is 9.97. The molecule has 1 heterocycles. The molecule has 0 bridgehead atoms. The molecular weight excluding hydrogens is 372 g/mol. The SMILES string of the molecule is Cl.Cl.FC(F)(F)c1cccc([C@H](C2CC2)N2CCNCC2)c1Cl. The van der Waals surface area contributed by atoms with E-state index in [1.54, 1.807) is 6.07 Å². The Morgan fingerprint density at radius 3 is 2.26 bits per heavy atom. The second-order valence-corrected chi connectivity index (χ2v) is 6.15. The number of rotatable bonds is 3. The van der Waals surface area contributed by atoms with E-state index in [0.29, 0.717) is 11.5 Å². The number of hydrogen-bond donors (Lipinski definition) is 1. The predicted octanol–water partition coefficient (Wildman–Crippen LogP) is 4.56. The molecule has 0 amide bonds. The normalized spacial score (nSPS) is 20.3. The molecule has 132 valence electrons. The maximum atomic E-state index is 13.0. The maximum absolute atomic E-state index is 13.0. The summed E-state index contributed by atoms with van der Waals surface area (Å²) in [5, 5.41) is 3.15. The average Bonchev–Trinajstić information content (AvgIpc) is 3.26. The van der Waals surface area contributed by atoms with Crippen LogP contribution in [0.1, 0.15) is 30.0 Å². The van der Waals surface area contributed by atoms with Crippen LogP contribution in [0, 0.1) is 5.92 Å². The first-order valence-electron chi connectivity index (χ1n) is 7.29.